The number of halogens is 3. The molecule has 4 aromatic rings. The predicted molar refractivity (Wildman–Crippen MR) is 223 cm³/mol. The number of hydrogen-bond donors (Lipinski definition) is 2. The van der Waals surface area contributed by atoms with E-state index in [1.807, 2.05) is 60.4 Å². The van der Waals surface area contributed by atoms with Crippen molar-refractivity contribution in [2.45, 2.75) is 90.5 Å². The van der Waals surface area contributed by atoms with Crippen LogP contribution >= 0.6 is 11.3 Å². The number of benzene rings is 2. The SMILES string of the molecule is Cc1ncsc1-c1ccc(CNC(=O)C2CC(=O)CN2C(=O)C(NC(=O)COCCOc2ccc(C3CCN(C4=Nn5c(nnc5C(F)(F)F)CC4)CC3)cc2)C(C)(C)C)cc1. The van der Waals surface area contributed by atoms with Crippen LogP contribution < -0.4 is 15.4 Å². The first-order valence-electron chi connectivity index (χ1n) is 20.6. The van der Waals surface area contributed by atoms with Crippen LogP contribution in [0.5, 0.6) is 5.75 Å². The second kappa shape index (κ2) is 18.7. The van der Waals surface area contributed by atoms with Crippen LogP contribution in [0.1, 0.15) is 80.8 Å². The van der Waals surface area contributed by atoms with Gasteiger partial charge in [-0.25, -0.2) is 4.98 Å². The molecule has 2 aromatic heterocycles. The minimum atomic E-state index is -4.63. The molecule has 62 heavy (non-hydrogen) atoms. The van der Waals surface area contributed by atoms with Gasteiger partial charge in [-0.3, -0.25) is 19.2 Å². The number of amides is 3. The third kappa shape index (κ3) is 10.5. The molecule has 2 atom stereocenters. The number of likely N-dealkylation sites (tertiary alicyclic amines) is 2. The number of amidine groups is 1. The van der Waals surface area contributed by atoms with E-state index in [1.165, 1.54) is 4.90 Å². The lowest BCUT2D eigenvalue weighted by Gasteiger charge is -2.35. The van der Waals surface area contributed by atoms with Gasteiger partial charge in [0.25, 0.3) is 5.82 Å². The Morgan fingerprint density at radius 3 is 2.35 bits per heavy atom. The zero-order chi connectivity index (χ0) is 44.2. The zero-order valence-electron chi connectivity index (χ0n) is 35.0. The second-order valence-electron chi connectivity index (χ2n) is 16.8. The Balaban J connectivity index is 0.832. The van der Waals surface area contributed by atoms with E-state index in [0.717, 1.165) is 44.8 Å². The topological polar surface area (TPSA) is 173 Å². The van der Waals surface area contributed by atoms with Gasteiger partial charge in [0.05, 0.1) is 29.2 Å². The van der Waals surface area contributed by atoms with E-state index in [2.05, 4.69) is 30.9 Å². The van der Waals surface area contributed by atoms with Crippen LogP contribution in [0, 0.1) is 12.3 Å². The standard InChI is InChI=1S/C43H50F3N9O6S/c1-26-37(62-25-48-26)30-7-5-27(6-8-30)22-47-39(58)33-21-31(56)23-54(33)40(59)38(42(2,3)4)49-36(57)24-60-19-20-61-32-11-9-28(10-12-32)29-15-17-53(18-16-29)35-14-13-34-50-51-41(43(44,45)46)55(34)52-35/h5-12,25,29,33,38H,13-24H2,1-4H3,(H,47,58)(H,49,57). The van der Waals surface area contributed by atoms with Gasteiger partial charge < -0.3 is 29.9 Å². The molecule has 3 amide bonds. The number of rotatable bonds is 13. The van der Waals surface area contributed by atoms with E-state index < -0.39 is 47.2 Å². The summed E-state index contributed by atoms with van der Waals surface area (Å²) in [6, 6.07) is 13.5. The Hall–Kier alpha value is -5.69. The maximum Gasteiger partial charge on any atom is 0.453 e. The molecule has 2 fully saturated rings. The largest absolute Gasteiger partial charge is 0.491 e. The van der Waals surface area contributed by atoms with E-state index in [1.54, 1.807) is 37.6 Å². The molecule has 2 N–H and O–H groups in total. The van der Waals surface area contributed by atoms with Gasteiger partial charge in [-0.1, -0.05) is 57.2 Å². The number of ether oxygens (including phenoxy) is 2. The van der Waals surface area contributed by atoms with E-state index >= 15 is 0 Å². The van der Waals surface area contributed by atoms with Gasteiger partial charge in [0.2, 0.25) is 17.7 Å². The molecule has 3 aliphatic rings. The molecule has 330 valence electrons. The molecule has 2 saturated heterocycles. The maximum atomic E-state index is 13.9. The van der Waals surface area contributed by atoms with E-state index in [-0.39, 0.29) is 56.9 Å². The van der Waals surface area contributed by atoms with Gasteiger partial charge in [-0.05, 0) is 59.9 Å². The fourth-order valence-electron chi connectivity index (χ4n) is 7.88. The minimum absolute atomic E-state index is 0.100. The number of alkyl halides is 3. The Kier molecular flexibility index (Phi) is 13.4. The Labute approximate surface area is 361 Å². The van der Waals surface area contributed by atoms with Crippen molar-refractivity contribution in [1.82, 2.24) is 40.3 Å². The molecule has 0 aliphatic carbocycles. The van der Waals surface area contributed by atoms with E-state index in [4.69, 9.17) is 9.47 Å². The van der Waals surface area contributed by atoms with Crippen LogP contribution in [-0.2, 0) is 43.1 Å². The van der Waals surface area contributed by atoms with Crippen LogP contribution in [0.25, 0.3) is 10.4 Å². The number of nitrogens with zero attached hydrogens (tertiary/aromatic N) is 7. The summed E-state index contributed by atoms with van der Waals surface area (Å²) in [6.45, 7) is 8.59. The lowest BCUT2D eigenvalue weighted by molar-refractivity contribution is -0.147. The first kappa shape index (κ1) is 44.4. The lowest BCUT2D eigenvalue weighted by Crippen LogP contribution is -2.58. The van der Waals surface area contributed by atoms with E-state index in [0.29, 0.717) is 37.5 Å². The van der Waals surface area contributed by atoms with Crippen molar-refractivity contribution in [3.05, 3.63) is 82.5 Å². The zero-order valence-corrected chi connectivity index (χ0v) is 35.9. The average Bonchev–Trinajstić information content (AvgIpc) is 3.99. The molecule has 0 radical (unpaired) electrons. The van der Waals surface area contributed by atoms with Gasteiger partial charge >= 0.3 is 6.18 Å². The van der Waals surface area contributed by atoms with Crippen molar-refractivity contribution < 1.29 is 41.8 Å². The Morgan fingerprint density at radius 2 is 1.69 bits per heavy atom. The van der Waals surface area contributed by atoms with Crippen LogP contribution in [0.4, 0.5) is 13.2 Å². The van der Waals surface area contributed by atoms with Gasteiger partial charge in [-0.2, -0.15) is 22.9 Å². The highest BCUT2D eigenvalue weighted by molar-refractivity contribution is 7.13. The molecule has 0 bridgehead atoms. The highest BCUT2D eigenvalue weighted by atomic mass is 32.1. The number of ketones is 1. The minimum Gasteiger partial charge on any atom is -0.491 e. The number of aromatic nitrogens is 4. The summed E-state index contributed by atoms with van der Waals surface area (Å²) in [6.07, 6.45) is -2.26. The Morgan fingerprint density at radius 1 is 0.968 bits per heavy atom. The molecular weight excluding hydrogens is 828 g/mol. The van der Waals surface area contributed by atoms with Crippen molar-refractivity contribution in [2.24, 2.45) is 10.5 Å². The first-order chi connectivity index (χ1) is 29.5. The predicted octanol–water partition coefficient (Wildman–Crippen LogP) is 5.13. The van der Waals surface area contributed by atoms with E-state index in [9.17, 15) is 32.3 Å². The molecule has 15 nitrogen and oxygen atoms in total. The summed E-state index contributed by atoms with van der Waals surface area (Å²) in [5, 5.41) is 16.8. The summed E-state index contributed by atoms with van der Waals surface area (Å²) in [5.41, 5.74) is 5.02. The number of nitrogens with one attached hydrogen (secondary N) is 2. The summed E-state index contributed by atoms with van der Waals surface area (Å²) in [5.74, 6) is -1.12. The molecule has 5 heterocycles. The van der Waals surface area contributed by atoms with Crippen LogP contribution in [0.3, 0.4) is 0 Å². The summed E-state index contributed by atoms with van der Waals surface area (Å²) in [7, 11) is 0. The van der Waals surface area contributed by atoms with Crippen molar-refractivity contribution in [2.75, 3.05) is 39.5 Å². The molecule has 0 saturated carbocycles. The number of carbonyl (C=O) groups is 4. The second-order valence-corrected chi connectivity index (χ2v) is 17.6. The number of carbonyl (C=O) groups excluding carboxylic acids is 4. The monoisotopic (exact) mass is 877 g/mol. The molecule has 19 heteroatoms. The third-order valence-corrected chi connectivity index (χ3v) is 12.2. The van der Waals surface area contributed by atoms with Gasteiger partial charge in [0.15, 0.2) is 11.6 Å². The summed E-state index contributed by atoms with van der Waals surface area (Å²) < 4.78 is 52.3. The number of Topliss-reactive ketones (excluding diaryl/α,β-unsaturated/α-hetero) is 1. The van der Waals surface area contributed by atoms with Crippen LogP contribution in [0.2, 0.25) is 0 Å². The number of hydrogen-bond acceptors (Lipinski definition) is 12. The van der Waals surface area contributed by atoms with Crippen molar-refractivity contribution >= 4 is 40.7 Å². The molecule has 2 aromatic carbocycles. The molecule has 7 rings (SSSR count). The van der Waals surface area contributed by atoms with Gasteiger partial charge in [0, 0.05) is 38.9 Å². The van der Waals surface area contributed by atoms with Gasteiger partial charge in [-0.15, -0.1) is 21.5 Å². The highest BCUT2D eigenvalue weighted by Crippen LogP contribution is 2.33. The van der Waals surface area contributed by atoms with Crippen LogP contribution in [-0.4, -0.2) is 111 Å². The molecular formula is C43H50F3N9O6S. The number of thiazole rings is 1. The molecule has 2 unspecified atom stereocenters. The number of fused-ring (bicyclic) bond motifs is 1. The van der Waals surface area contributed by atoms with Crippen LogP contribution in [0.15, 0.2) is 59.1 Å². The first-order valence-corrected chi connectivity index (χ1v) is 21.5. The average molecular weight is 878 g/mol. The van der Waals surface area contributed by atoms with Crippen molar-refractivity contribution in [3.8, 4) is 16.2 Å². The summed E-state index contributed by atoms with van der Waals surface area (Å²) >= 11 is 1.56. The summed E-state index contributed by atoms with van der Waals surface area (Å²) in [4.78, 5) is 61.6. The normalized spacial score (nSPS) is 17.7. The maximum absolute atomic E-state index is 13.9. The Bertz CT molecular complexity index is 2280. The highest BCUT2D eigenvalue weighted by Gasteiger charge is 2.45. The number of piperidine rings is 1. The smallest absolute Gasteiger partial charge is 0.453 e. The fraction of sp³-hybridized carbons (Fsp3) is 0.488. The third-order valence-electron chi connectivity index (χ3n) is 11.3. The molecule has 3 aliphatic heterocycles. The fourth-order valence-corrected chi connectivity index (χ4v) is 8.70. The van der Waals surface area contributed by atoms with Crippen molar-refractivity contribution in [1.29, 1.82) is 0 Å². The quantitative estimate of drug-likeness (QED) is 0.172. The lowest BCUT2D eigenvalue weighted by atomic mass is 9.85. The number of aryl methyl sites for hydroxylation is 2. The van der Waals surface area contributed by atoms with Gasteiger partial charge in [0.1, 0.15) is 36.9 Å². The van der Waals surface area contributed by atoms with Crippen molar-refractivity contribution in [3.63, 3.8) is 0 Å². The molecule has 0 spiro atoms.